The predicted octanol–water partition coefficient (Wildman–Crippen LogP) is 1.82. The highest BCUT2D eigenvalue weighted by atomic mass is 32.1. The highest BCUT2D eigenvalue weighted by Crippen LogP contribution is 2.25. The number of aromatic nitrogens is 2. The lowest BCUT2D eigenvalue weighted by molar-refractivity contribution is 0.303. The number of hydrogen-bond donors (Lipinski definition) is 1. The van der Waals surface area contributed by atoms with Gasteiger partial charge < -0.3 is 10.0 Å². The van der Waals surface area contributed by atoms with Crippen LogP contribution in [0.4, 0.5) is 5.13 Å². The fourth-order valence-corrected chi connectivity index (χ4v) is 2.08. The zero-order valence-electron chi connectivity index (χ0n) is 10.1. The minimum atomic E-state index is -0.0339. The lowest BCUT2D eigenvalue weighted by atomic mass is 9.96. The highest BCUT2D eigenvalue weighted by Gasteiger charge is 2.21. The van der Waals surface area contributed by atoms with Gasteiger partial charge in [0.05, 0.1) is 6.61 Å². The summed E-state index contributed by atoms with van der Waals surface area (Å²) in [5.74, 6) is 0.847. The van der Waals surface area contributed by atoms with Gasteiger partial charge in [-0.2, -0.15) is 4.37 Å². The van der Waals surface area contributed by atoms with Crippen molar-refractivity contribution in [2.45, 2.75) is 26.2 Å². The summed E-state index contributed by atoms with van der Waals surface area (Å²) < 4.78 is 4.35. The zero-order chi connectivity index (χ0) is 12.2. The van der Waals surface area contributed by atoms with E-state index in [4.69, 9.17) is 5.11 Å². The van der Waals surface area contributed by atoms with Crippen molar-refractivity contribution in [3.8, 4) is 0 Å². The quantitative estimate of drug-likeness (QED) is 0.799. The molecular formula is C11H19N3OS. The van der Waals surface area contributed by atoms with Gasteiger partial charge in [0, 0.05) is 30.0 Å². The Morgan fingerprint density at radius 2 is 2.19 bits per heavy atom. The minimum Gasteiger partial charge on any atom is -0.395 e. The summed E-state index contributed by atoms with van der Waals surface area (Å²) >= 11 is 1.37. The first-order valence-corrected chi connectivity index (χ1v) is 6.07. The fourth-order valence-electron chi connectivity index (χ4n) is 1.19. The molecule has 5 heteroatoms. The van der Waals surface area contributed by atoms with E-state index in [-0.39, 0.29) is 12.0 Å². The van der Waals surface area contributed by atoms with Crippen LogP contribution < -0.4 is 4.90 Å². The summed E-state index contributed by atoms with van der Waals surface area (Å²) in [7, 11) is 0. The van der Waals surface area contributed by atoms with Gasteiger partial charge in [-0.25, -0.2) is 4.98 Å². The number of aliphatic hydroxyl groups excluding tert-OH is 1. The molecule has 0 bridgehead atoms. The Morgan fingerprint density at radius 3 is 2.62 bits per heavy atom. The molecule has 0 aromatic carbocycles. The van der Waals surface area contributed by atoms with Crippen molar-refractivity contribution in [3.63, 3.8) is 0 Å². The van der Waals surface area contributed by atoms with Crippen molar-refractivity contribution >= 4 is 16.7 Å². The van der Waals surface area contributed by atoms with Crippen molar-refractivity contribution in [2.24, 2.45) is 0 Å². The first-order valence-electron chi connectivity index (χ1n) is 5.30. The number of aliphatic hydroxyl groups is 1. The van der Waals surface area contributed by atoms with Crippen LogP contribution in [0.3, 0.4) is 0 Å². The van der Waals surface area contributed by atoms with Gasteiger partial charge in [0.2, 0.25) is 5.13 Å². The normalized spacial score (nSPS) is 11.5. The molecule has 0 unspecified atom stereocenters. The van der Waals surface area contributed by atoms with Crippen LogP contribution in [-0.2, 0) is 5.41 Å². The van der Waals surface area contributed by atoms with E-state index in [1.165, 1.54) is 11.5 Å². The Bertz CT molecular complexity index is 343. The van der Waals surface area contributed by atoms with E-state index in [9.17, 15) is 0 Å². The SMILES string of the molecule is C=CCN(CCO)c1nc(C(C)(C)C)ns1. The third-order valence-electron chi connectivity index (χ3n) is 2.08. The van der Waals surface area contributed by atoms with E-state index in [0.29, 0.717) is 13.1 Å². The topological polar surface area (TPSA) is 49.2 Å². The van der Waals surface area contributed by atoms with Gasteiger partial charge in [0.25, 0.3) is 0 Å². The lowest BCUT2D eigenvalue weighted by Crippen LogP contribution is -2.26. The third kappa shape index (κ3) is 3.28. The van der Waals surface area contributed by atoms with Gasteiger partial charge >= 0.3 is 0 Å². The molecule has 0 aliphatic rings. The molecule has 90 valence electrons. The monoisotopic (exact) mass is 241 g/mol. The van der Waals surface area contributed by atoms with Crippen LogP contribution >= 0.6 is 11.5 Å². The van der Waals surface area contributed by atoms with Gasteiger partial charge in [0.1, 0.15) is 5.82 Å². The van der Waals surface area contributed by atoms with Gasteiger partial charge in [0.15, 0.2) is 0 Å². The van der Waals surface area contributed by atoms with E-state index in [1.54, 1.807) is 6.08 Å². The molecule has 0 fully saturated rings. The first kappa shape index (κ1) is 13.1. The average molecular weight is 241 g/mol. The number of rotatable bonds is 5. The van der Waals surface area contributed by atoms with Crippen LogP contribution in [-0.4, -0.2) is 34.2 Å². The van der Waals surface area contributed by atoms with Crippen molar-refractivity contribution in [1.82, 2.24) is 9.36 Å². The van der Waals surface area contributed by atoms with Crippen LogP contribution in [0.15, 0.2) is 12.7 Å². The van der Waals surface area contributed by atoms with Crippen LogP contribution in [0.5, 0.6) is 0 Å². The minimum absolute atomic E-state index is 0.0339. The Kier molecular flexibility index (Phi) is 4.44. The fraction of sp³-hybridized carbons (Fsp3) is 0.636. The van der Waals surface area contributed by atoms with Crippen LogP contribution in [0, 0.1) is 0 Å². The van der Waals surface area contributed by atoms with E-state index < -0.39 is 0 Å². The smallest absolute Gasteiger partial charge is 0.205 e. The molecule has 0 atom stereocenters. The maximum atomic E-state index is 8.97. The second-order valence-corrected chi connectivity index (χ2v) is 5.34. The maximum absolute atomic E-state index is 8.97. The summed E-state index contributed by atoms with van der Waals surface area (Å²) in [6.45, 7) is 11.3. The van der Waals surface area contributed by atoms with Crippen LogP contribution in [0.25, 0.3) is 0 Å². The van der Waals surface area contributed by atoms with Gasteiger partial charge in [-0.3, -0.25) is 0 Å². The van der Waals surface area contributed by atoms with Gasteiger partial charge in [-0.1, -0.05) is 26.8 Å². The molecule has 1 aromatic heterocycles. The predicted molar refractivity (Wildman–Crippen MR) is 68.1 cm³/mol. The molecule has 0 aliphatic carbocycles. The summed E-state index contributed by atoms with van der Waals surface area (Å²) in [6, 6.07) is 0. The molecular weight excluding hydrogens is 222 g/mol. The van der Waals surface area contributed by atoms with Gasteiger partial charge in [-0.05, 0) is 0 Å². The summed E-state index contributed by atoms with van der Waals surface area (Å²) in [4.78, 5) is 6.47. The lowest BCUT2D eigenvalue weighted by Gasteiger charge is -2.18. The molecule has 16 heavy (non-hydrogen) atoms. The number of anilines is 1. The largest absolute Gasteiger partial charge is 0.395 e. The molecule has 1 rings (SSSR count). The Balaban J connectivity index is 2.85. The molecule has 1 N–H and O–H groups in total. The molecule has 0 spiro atoms. The first-order chi connectivity index (χ1) is 7.49. The molecule has 1 heterocycles. The summed E-state index contributed by atoms with van der Waals surface area (Å²) in [6.07, 6.45) is 1.80. The Hall–Kier alpha value is -0.940. The van der Waals surface area contributed by atoms with Crippen LogP contribution in [0.1, 0.15) is 26.6 Å². The van der Waals surface area contributed by atoms with Crippen molar-refractivity contribution in [3.05, 3.63) is 18.5 Å². The van der Waals surface area contributed by atoms with Crippen molar-refractivity contribution < 1.29 is 5.11 Å². The van der Waals surface area contributed by atoms with Gasteiger partial charge in [-0.15, -0.1) is 6.58 Å². The zero-order valence-corrected chi connectivity index (χ0v) is 10.9. The Morgan fingerprint density at radius 1 is 1.50 bits per heavy atom. The molecule has 0 saturated heterocycles. The third-order valence-corrected chi connectivity index (χ3v) is 2.85. The van der Waals surface area contributed by atoms with Crippen molar-refractivity contribution in [2.75, 3.05) is 24.6 Å². The molecule has 0 amide bonds. The number of nitrogens with zero attached hydrogens (tertiary/aromatic N) is 3. The molecule has 0 aliphatic heterocycles. The van der Waals surface area contributed by atoms with E-state index >= 15 is 0 Å². The summed E-state index contributed by atoms with van der Waals surface area (Å²) in [5, 5.41) is 9.82. The Labute approximate surface area is 101 Å². The number of hydrogen-bond acceptors (Lipinski definition) is 5. The van der Waals surface area contributed by atoms with Crippen molar-refractivity contribution in [1.29, 1.82) is 0 Å². The second-order valence-electron chi connectivity index (χ2n) is 4.61. The standard InChI is InChI=1S/C11H19N3OS/c1-5-6-14(7-8-15)10-12-9(13-16-10)11(2,3)4/h5,15H,1,6-8H2,2-4H3. The second kappa shape index (κ2) is 5.41. The van der Waals surface area contributed by atoms with E-state index in [2.05, 4.69) is 36.7 Å². The molecule has 1 aromatic rings. The molecule has 4 nitrogen and oxygen atoms in total. The molecule has 0 saturated carbocycles. The molecule has 0 radical (unpaired) electrons. The van der Waals surface area contributed by atoms with E-state index in [1.807, 2.05) is 4.90 Å². The summed E-state index contributed by atoms with van der Waals surface area (Å²) in [5.41, 5.74) is -0.0339. The average Bonchev–Trinajstić information content (AvgIpc) is 2.65. The van der Waals surface area contributed by atoms with Crippen LogP contribution in [0.2, 0.25) is 0 Å². The maximum Gasteiger partial charge on any atom is 0.205 e. The van der Waals surface area contributed by atoms with E-state index in [0.717, 1.165) is 11.0 Å². The highest BCUT2D eigenvalue weighted by molar-refractivity contribution is 7.09.